The zero-order chi connectivity index (χ0) is 26.2. The van der Waals surface area contributed by atoms with Crippen molar-refractivity contribution in [3.8, 4) is 11.5 Å². The van der Waals surface area contributed by atoms with Crippen LogP contribution in [0.25, 0.3) is 0 Å². The molecular weight excluding hydrogens is 464 g/mol. The van der Waals surface area contributed by atoms with Crippen molar-refractivity contribution in [1.29, 1.82) is 0 Å². The lowest BCUT2D eigenvalue weighted by Gasteiger charge is -2.38. The van der Waals surface area contributed by atoms with Gasteiger partial charge in [-0.3, -0.25) is 0 Å². The molecule has 0 aromatic heterocycles. The summed E-state index contributed by atoms with van der Waals surface area (Å²) in [6.07, 6.45) is 1.67. The van der Waals surface area contributed by atoms with Gasteiger partial charge in [-0.25, -0.2) is 0 Å². The fourth-order valence-electron chi connectivity index (χ4n) is 3.19. The highest BCUT2D eigenvalue weighted by Crippen LogP contribution is 2.39. The molecule has 0 radical (unpaired) electrons. The average Bonchev–Trinajstić information content (AvgIpc) is 3.51. The maximum absolute atomic E-state index is 10.9. The lowest BCUT2D eigenvalue weighted by atomic mass is 9.97. The topological polar surface area (TPSA) is 69.7 Å². The molecule has 0 bridgehead atoms. The molecule has 0 spiro atoms. The first-order valence-corrected chi connectivity index (χ1v) is 18.9. The zero-order valence-corrected chi connectivity index (χ0v) is 25.3. The van der Waals surface area contributed by atoms with Crippen LogP contribution in [0.4, 0.5) is 0 Å². The van der Waals surface area contributed by atoms with Crippen molar-refractivity contribution in [2.75, 3.05) is 27.1 Å². The largest absolute Gasteiger partial charge is 0.403 e. The molecule has 8 heteroatoms. The molecule has 1 saturated heterocycles. The van der Waals surface area contributed by atoms with Crippen molar-refractivity contribution in [1.82, 2.24) is 0 Å². The fraction of sp³-hybridized carbons (Fsp3) is 0.846. The standard InChI is InChI=1S/C26H50O6Si2/c1-12-20(2)23(30-19-29-17-16-28-6)25-24(31-25)22(27)14-13-21(15-18-33(7,8)9)32-34(10,11)26(3,4)5/h12,20-25,27H,1,13-14,16-17,19H2,2-11H3/t20-,21-,22+,23+,24-,25+/m1/s1. The van der Waals surface area contributed by atoms with Gasteiger partial charge in [0.05, 0.1) is 25.4 Å². The van der Waals surface area contributed by atoms with E-state index in [0.717, 1.165) is 0 Å². The summed E-state index contributed by atoms with van der Waals surface area (Å²) < 4.78 is 28.9. The van der Waals surface area contributed by atoms with Gasteiger partial charge in [-0.2, -0.15) is 0 Å². The molecular formula is C26H50O6Si2. The molecule has 0 saturated carbocycles. The SMILES string of the molecule is C=C[C@@H](C)[C@H](OCOCCOC)[C@@H]1O[C@@H]1[C@@H](O)CC[C@H](C#C[Si](C)(C)C)O[Si](C)(C)C(C)(C)C. The maximum Gasteiger partial charge on any atom is 0.193 e. The van der Waals surface area contributed by atoms with Gasteiger partial charge in [-0.1, -0.05) is 59.3 Å². The van der Waals surface area contributed by atoms with Gasteiger partial charge in [0, 0.05) is 13.0 Å². The molecule has 1 aliphatic heterocycles. The molecule has 0 amide bonds. The van der Waals surface area contributed by atoms with Gasteiger partial charge < -0.3 is 28.5 Å². The molecule has 1 aliphatic rings. The van der Waals surface area contributed by atoms with E-state index in [4.69, 9.17) is 23.4 Å². The first kappa shape index (κ1) is 31.5. The van der Waals surface area contributed by atoms with E-state index in [1.54, 1.807) is 7.11 Å². The van der Waals surface area contributed by atoms with Crippen LogP contribution in [-0.2, 0) is 23.4 Å². The maximum atomic E-state index is 10.9. The van der Waals surface area contributed by atoms with Crippen molar-refractivity contribution in [2.45, 2.75) is 109 Å². The molecule has 1 fully saturated rings. The van der Waals surface area contributed by atoms with Crippen molar-refractivity contribution >= 4 is 16.4 Å². The molecule has 6 nitrogen and oxygen atoms in total. The Hall–Kier alpha value is -0.506. The van der Waals surface area contributed by atoms with Crippen LogP contribution >= 0.6 is 0 Å². The monoisotopic (exact) mass is 514 g/mol. The van der Waals surface area contributed by atoms with Gasteiger partial charge in [0.2, 0.25) is 0 Å². The molecule has 34 heavy (non-hydrogen) atoms. The van der Waals surface area contributed by atoms with E-state index in [-0.39, 0.29) is 42.2 Å². The number of methoxy groups -OCH3 is 1. The van der Waals surface area contributed by atoms with E-state index in [1.807, 2.05) is 13.0 Å². The Kier molecular flexibility index (Phi) is 12.7. The Labute approximate surface area is 210 Å². The summed E-state index contributed by atoms with van der Waals surface area (Å²) in [5, 5.41) is 11.0. The van der Waals surface area contributed by atoms with Crippen LogP contribution < -0.4 is 0 Å². The molecule has 198 valence electrons. The summed E-state index contributed by atoms with van der Waals surface area (Å²) in [5.41, 5.74) is 3.47. The third kappa shape index (κ3) is 11.0. The summed E-state index contributed by atoms with van der Waals surface area (Å²) in [6, 6.07) is 0. The molecule has 1 heterocycles. The molecule has 0 aromatic carbocycles. The molecule has 0 aliphatic carbocycles. The minimum atomic E-state index is -1.98. The van der Waals surface area contributed by atoms with Crippen LogP contribution in [0.2, 0.25) is 37.8 Å². The third-order valence-corrected chi connectivity index (χ3v) is 11.9. The summed E-state index contributed by atoms with van der Waals surface area (Å²) >= 11 is 0. The van der Waals surface area contributed by atoms with E-state index >= 15 is 0 Å². The molecule has 6 atom stereocenters. The number of ether oxygens (including phenoxy) is 4. The lowest BCUT2D eigenvalue weighted by Crippen LogP contribution is -2.44. The fourth-order valence-corrected chi connectivity index (χ4v) is 5.03. The van der Waals surface area contributed by atoms with Gasteiger partial charge in [0.15, 0.2) is 8.32 Å². The smallest absolute Gasteiger partial charge is 0.193 e. The predicted molar refractivity (Wildman–Crippen MR) is 144 cm³/mol. The van der Waals surface area contributed by atoms with Gasteiger partial charge in [-0.05, 0) is 31.0 Å². The van der Waals surface area contributed by atoms with E-state index in [0.29, 0.717) is 26.1 Å². The zero-order valence-electron chi connectivity index (χ0n) is 23.3. The van der Waals surface area contributed by atoms with Crippen LogP contribution in [0.1, 0.15) is 40.5 Å². The molecule has 1 rings (SSSR count). The Morgan fingerprint density at radius 3 is 2.26 bits per heavy atom. The number of hydrogen-bond acceptors (Lipinski definition) is 6. The van der Waals surface area contributed by atoms with Crippen molar-refractivity contribution in [3.05, 3.63) is 12.7 Å². The van der Waals surface area contributed by atoms with Crippen LogP contribution in [0.15, 0.2) is 12.7 Å². The number of aliphatic hydroxyl groups excluding tert-OH is 1. The van der Waals surface area contributed by atoms with E-state index in [1.165, 1.54) is 0 Å². The van der Waals surface area contributed by atoms with Crippen LogP contribution in [0.5, 0.6) is 0 Å². The Morgan fingerprint density at radius 1 is 1.09 bits per heavy atom. The van der Waals surface area contributed by atoms with Gasteiger partial charge in [-0.15, -0.1) is 12.1 Å². The van der Waals surface area contributed by atoms with Crippen LogP contribution in [-0.4, -0.2) is 79.1 Å². The van der Waals surface area contributed by atoms with E-state index in [9.17, 15) is 5.11 Å². The summed E-state index contributed by atoms with van der Waals surface area (Å²) in [4.78, 5) is 0. The van der Waals surface area contributed by atoms with Crippen molar-refractivity contribution in [2.24, 2.45) is 5.92 Å². The first-order chi connectivity index (χ1) is 15.6. The van der Waals surface area contributed by atoms with Crippen LogP contribution in [0.3, 0.4) is 0 Å². The summed E-state index contributed by atoms with van der Waals surface area (Å²) in [5.74, 6) is 3.49. The Bertz CT molecular complexity index is 673. The number of hydrogen-bond donors (Lipinski definition) is 1. The van der Waals surface area contributed by atoms with Crippen LogP contribution in [0, 0.1) is 17.4 Å². The van der Waals surface area contributed by atoms with Gasteiger partial charge in [0.1, 0.15) is 33.2 Å². The van der Waals surface area contributed by atoms with Gasteiger partial charge >= 0.3 is 0 Å². The molecule has 1 N–H and O–H groups in total. The second-order valence-electron chi connectivity index (χ2n) is 11.8. The quantitative estimate of drug-likeness (QED) is 0.0829. The molecule has 0 aromatic rings. The van der Waals surface area contributed by atoms with E-state index < -0.39 is 22.5 Å². The summed E-state index contributed by atoms with van der Waals surface area (Å²) in [7, 11) is -1.87. The lowest BCUT2D eigenvalue weighted by molar-refractivity contribution is -0.113. The van der Waals surface area contributed by atoms with E-state index in [2.05, 4.69) is 71.5 Å². The second kappa shape index (κ2) is 13.7. The third-order valence-electron chi connectivity index (χ3n) is 6.51. The average molecular weight is 515 g/mol. The highest BCUT2D eigenvalue weighted by Gasteiger charge is 2.51. The second-order valence-corrected chi connectivity index (χ2v) is 21.3. The molecule has 0 unspecified atom stereocenters. The summed E-state index contributed by atoms with van der Waals surface area (Å²) in [6.45, 7) is 25.0. The highest BCUT2D eigenvalue weighted by molar-refractivity contribution is 6.83. The van der Waals surface area contributed by atoms with Crippen molar-refractivity contribution in [3.63, 3.8) is 0 Å². The van der Waals surface area contributed by atoms with Gasteiger partial charge in [0.25, 0.3) is 0 Å². The minimum absolute atomic E-state index is 0.0745. The number of epoxide rings is 1. The highest BCUT2D eigenvalue weighted by atomic mass is 28.4. The predicted octanol–water partition coefficient (Wildman–Crippen LogP) is 4.99. The first-order valence-electron chi connectivity index (χ1n) is 12.5. The number of rotatable bonds is 15. The van der Waals surface area contributed by atoms with Crippen molar-refractivity contribution < 1.29 is 28.5 Å². The number of aliphatic hydroxyl groups is 1. The normalized spacial score (nSPS) is 22.3. The minimum Gasteiger partial charge on any atom is -0.403 e. The Morgan fingerprint density at radius 2 is 1.74 bits per heavy atom. The Balaban J connectivity index is 2.74.